The molecule has 20 heavy (non-hydrogen) atoms. The van der Waals surface area contributed by atoms with Crippen LogP contribution in [0.15, 0.2) is 24.3 Å². The van der Waals surface area contributed by atoms with Crippen molar-refractivity contribution in [2.24, 2.45) is 0 Å². The van der Waals surface area contributed by atoms with Crippen LogP contribution in [0.2, 0.25) is 0 Å². The summed E-state index contributed by atoms with van der Waals surface area (Å²) in [5.41, 5.74) is 2.59. The molecule has 0 N–H and O–H groups in total. The SMILES string of the molecule is Cc1ccccc1N1CCN(C(=O)CCCCCl)CC1. The predicted octanol–water partition coefficient (Wildman–Crippen LogP) is 3.05. The Morgan fingerprint density at radius 1 is 1.15 bits per heavy atom. The molecule has 0 aliphatic carbocycles. The number of unbranched alkanes of at least 4 members (excludes halogenated alkanes) is 1. The number of amides is 1. The zero-order chi connectivity index (χ0) is 14.4. The molecule has 0 spiro atoms. The first-order valence-corrected chi connectivity index (χ1v) is 7.90. The van der Waals surface area contributed by atoms with Crippen LogP contribution in [0.3, 0.4) is 0 Å². The third-order valence-corrected chi connectivity index (χ3v) is 4.13. The minimum absolute atomic E-state index is 0.277. The van der Waals surface area contributed by atoms with Crippen molar-refractivity contribution in [1.82, 2.24) is 4.90 Å². The maximum Gasteiger partial charge on any atom is 0.222 e. The van der Waals surface area contributed by atoms with Crippen LogP contribution < -0.4 is 4.90 Å². The fourth-order valence-corrected chi connectivity index (χ4v) is 2.83. The van der Waals surface area contributed by atoms with Gasteiger partial charge in [0.05, 0.1) is 0 Å². The van der Waals surface area contributed by atoms with Gasteiger partial charge in [-0.05, 0) is 31.4 Å². The molecule has 0 bridgehead atoms. The first kappa shape index (κ1) is 15.2. The summed E-state index contributed by atoms with van der Waals surface area (Å²) >= 11 is 5.64. The lowest BCUT2D eigenvalue weighted by atomic mass is 10.1. The summed E-state index contributed by atoms with van der Waals surface area (Å²) in [6, 6.07) is 8.44. The smallest absolute Gasteiger partial charge is 0.222 e. The summed E-state index contributed by atoms with van der Waals surface area (Å²) in [7, 11) is 0. The van der Waals surface area contributed by atoms with Gasteiger partial charge in [-0.15, -0.1) is 11.6 Å². The zero-order valence-corrected chi connectivity index (χ0v) is 12.9. The Bertz CT molecular complexity index is 442. The van der Waals surface area contributed by atoms with Gasteiger partial charge in [-0.1, -0.05) is 18.2 Å². The Hall–Kier alpha value is -1.22. The van der Waals surface area contributed by atoms with Gasteiger partial charge >= 0.3 is 0 Å². The number of hydrogen-bond donors (Lipinski definition) is 0. The number of para-hydroxylation sites is 1. The summed E-state index contributed by atoms with van der Waals surface area (Å²) in [6.07, 6.45) is 2.47. The summed E-state index contributed by atoms with van der Waals surface area (Å²) < 4.78 is 0. The molecule has 110 valence electrons. The number of alkyl halides is 1. The van der Waals surface area contributed by atoms with E-state index in [9.17, 15) is 4.79 Å². The number of nitrogens with zero attached hydrogens (tertiary/aromatic N) is 2. The van der Waals surface area contributed by atoms with E-state index in [1.807, 2.05) is 4.90 Å². The average Bonchev–Trinajstić information content (AvgIpc) is 2.48. The largest absolute Gasteiger partial charge is 0.368 e. The lowest BCUT2D eigenvalue weighted by molar-refractivity contribution is -0.131. The molecule has 1 amide bonds. The van der Waals surface area contributed by atoms with Crippen molar-refractivity contribution in [3.63, 3.8) is 0 Å². The highest BCUT2D eigenvalue weighted by molar-refractivity contribution is 6.17. The monoisotopic (exact) mass is 294 g/mol. The minimum atomic E-state index is 0.277. The average molecular weight is 295 g/mol. The zero-order valence-electron chi connectivity index (χ0n) is 12.1. The van der Waals surface area contributed by atoms with Crippen molar-refractivity contribution in [2.75, 3.05) is 37.0 Å². The summed E-state index contributed by atoms with van der Waals surface area (Å²) in [4.78, 5) is 16.4. The van der Waals surface area contributed by atoms with Crippen LogP contribution in [0.4, 0.5) is 5.69 Å². The van der Waals surface area contributed by atoms with E-state index in [0.29, 0.717) is 12.3 Å². The molecule has 4 heteroatoms. The molecule has 0 unspecified atom stereocenters. The van der Waals surface area contributed by atoms with Gasteiger partial charge in [0.2, 0.25) is 5.91 Å². The van der Waals surface area contributed by atoms with Crippen molar-refractivity contribution in [3.05, 3.63) is 29.8 Å². The second kappa shape index (κ2) is 7.53. The number of halogens is 1. The number of carbonyl (C=O) groups is 1. The molecule has 0 saturated carbocycles. The number of carbonyl (C=O) groups excluding carboxylic acids is 1. The van der Waals surface area contributed by atoms with Crippen LogP contribution in [-0.2, 0) is 4.79 Å². The lowest BCUT2D eigenvalue weighted by Gasteiger charge is -2.36. The Morgan fingerprint density at radius 2 is 1.85 bits per heavy atom. The van der Waals surface area contributed by atoms with E-state index >= 15 is 0 Å². The highest BCUT2D eigenvalue weighted by Gasteiger charge is 2.21. The number of rotatable bonds is 5. The van der Waals surface area contributed by atoms with Gasteiger partial charge in [-0.2, -0.15) is 0 Å². The van der Waals surface area contributed by atoms with Crippen LogP contribution in [0.5, 0.6) is 0 Å². The van der Waals surface area contributed by atoms with Crippen molar-refractivity contribution < 1.29 is 4.79 Å². The highest BCUT2D eigenvalue weighted by atomic mass is 35.5. The summed E-state index contributed by atoms with van der Waals surface area (Å²) in [6.45, 7) is 5.64. The van der Waals surface area contributed by atoms with Crippen LogP contribution in [-0.4, -0.2) is 42.9 Å². The van der Waals surface area contributed by atoms with Crippen molar-refractivity contribution in [3.8, 4) is 0 Å². The molecule has 1 heterocycles. The molecule has 2 rings (SSSR count). The van der Waals surface area contributed by atoms with E-state index in [1.54, 1.807) is 0 Å². The van der Waals surface area contributed by atoms with Crippen LogP contribution in [0.1, 0.15) is 24.8 Å². The number of piperazine rings is 1. The standard InChI is InChI=1S/C16H23ClN2O/c1-14-6-2-3-7-15(14)18-10-12-19(13-11-18)16(20)8-4-5-9-17/h2-3,6-7H,4-5,8-13H2,1H3. The second-order valence-corrected chi connectivity index (χ2v) is 5.68. The topological polar surface area (TPSA) is 23.6 Å². The normalized spacial score (nSPS) is 15.5. The molecule has 0 radical (unpaired) electrons. The van der Waals surface area contributed by atoms with E-state index in [2.05, 4.69) is 36.1 Å². The molecule has 0 aromatic heterocycles. The molecule has 1 aromatic carbocycles. The van der Waals surface area contributed by atoms with E-state index in [4.69, 9.17) is 11.6 Å². The fourth-order valence-electron chi connectivity index (χ4n) is 2.64. The Labute approximate surface area is 126 Å². The highest BCUT2D eigenvalue weighted by Crippen LogP contribution is 2.21. The molecule has 1 aliphatic rings. The van der Waals surface area contributed by atoms with Crippen LogP contribution in [0.25, 0.3) is 0 Å². The molecular formula is C16H23ClN2O. The van der Waals surface area contributed by atoms with E-state index in [0.717, 1.165) is 39.0 Å². The predicted molar refractivity (Wildman–Crippen MR) is 84.5 cm³/mol. The Kier molecular flexibility index (Phi) is 5.72. The van der Waals surface area contributed by atoms with Gasteiger partial charge in [-0.3, -0.25) is 4.79 Å². The molecule has 0 atom stereocenters. The van der Waals surface area contributed by atoms with Gasteiger partial charge < -0.3 is 9.80 Å². The number of aryl methyl sites for hydroxylation is 1. The van der Waals surface area contributed by atoms with Crippen molar-refractivity contribution in [1.29, 1.82) is 0 Å². The first-order chi connectivity index (χ1) is 9.72. The van der Waals surface area contributed by atoms with E-state index < -0.39 is 0 Å². The van der Waals surface area contributed by atoms with E-state index in [-0.39, 0.29) is 5.91 Å². The molecule has 3 nitrogen and oxygen atoms in total. The number of benzene rings is 1. The molecular weight excluding hydrogens is 272 g/mol. The van der Waals surface area contributed by atoms with Crippen molar-refractivity contribution >= 4 is 23.2 Å². The van der Waals surface area contributed by atoms with Gasteiger partial charge in [0, 0.05) is 44.2 Å². The number of hydrogen-bond acceptors (Lipinski definition) is 2. The van der Waals surface area contributed by atoms with Crippen LogP contribution in [0, 0.1) is 6.92 Å². The maximum atomic E-state index is 12.0. The first-order valence-electron chi connectivity index (χ1n) is 7.36. The van der Waals surface area contributed by atoms with E-state index in [1.165, 1.54) is 11.3 Å². The Morgan fingerprint density at radius 3 is 2.50 bits per heavy atom. The molecule has 1 saturated heterocycles. The lowest BCUT2D eigenvalue weighted by Crippen LogP contribution is -2.48. The van der Waals surface area contributed by atoms with Crippen LogP contribution >= 0.6 is 11.6 Å². The van der Waals surface area contributed by atoms with Gasteiger partial charge in [0.25, 0.3) is 0 Å². The molecule has 1 aliphatic heterocycles. The molecule has 1 aromatic rings. The summed E-state index contributed by atoms with van der Waals surface area (Å²) in [5, 5.41) is 0. The minimum Gasteiger partial charge on any atom is -0.368 e. The number of anilines is 1. The fraction of sp³-hybridized carbons (Fsp3) is 0.562. The van der Waals surface area contributed by atoms with Crippen molar-refractivity contribution in [2.45, 2.75) is 26.2 Å². The Balaban J connectivity index is 1.83. The van der Waals surface area contributed by atoms with Gasteiger partial charge in [-0.25, -0.2) is 0 Å². The summed E-state index contributed by atoms with van der Waals surface area (Å²) in [5.74, 6) is 0.925. The quantitative estimate of drug-likeness (QED) is 0.615. The maximum absolute atomic E-state index is 12.0. The molecule has 1 fully saturated rings. The third kappa shape index (κ3) is 3.89. The second-order valence-electron chi connectivity index (χ2n) is 5.30. The van der Waals surface area contributed by atoms with Gasteiger partial charge in [0.15, 0.2) is 0 Å². The van der Waals surface area contributed by atoms with Gasteiger partial charge in [0.1, 0.15) is 0 Å². The third-order valence-electron chi connectivity index (χ3n) is 3.86.